The zero-order chi connectivity index (χ0) is 12.3. The highest BCUT2D eigenvalue weighted by molar-refractivity contribution is 5.84. The molecule has 0 aliphatic carbocycles. The van der Waals surface area contributed by atoms with Gasteiger partial charge in [0, 0.05) is 17.6 Å². The van der Waals surface area contributed by atoms with Crippen molar-refractivity contribution < 1.29 is 4.74 Å². The van der Waals surface area contributed by atoms with E-state index in [1.165, 1.54) is 0 Å². The molecule has 1 aromatic heterocycles. The Bertz CT molecular complexity index is 493. The summed E-state index contributed by atoms with van der Waals surface area (Å²) < 4.78 is 5.92. The Kier molecular flexibility index (Phi) is 3.59. The Morgan fingerprint density at radius 3 is 2.88 bits per heavy atom. The van der Waals surface area contributed by atoms with E-state index in [0.717, 1.165) is 23.1 Å². The number of aromatic nitrogens is 1. The second-order valence-electron chi connectivity index (χ2n) is 4.22. The van der Waals surface area contributed by atoms with E-state index in [9.17, 15) is 0 Å². The molecule has 2 unspecified atom stereocenters. The summed E-state index contributed by atoms with van der Waals surface area (Å²) in [5.74, 6) is 0.854. The number of rotatable bonds is 4. The minimum Gasteiger partial charge on any atom is -0.488 e. The topological polar surface area (TPSA) is 48.1 Å². The van der Waals surface area contributed by atoms with Gasteiger partial charge in [0.1, 0.15) is 11.9 Å². The highest BCUT2D eigenvalue weighted by Gasteiger charge is 2.13. The van der Waals surface area contributed by atoms with Crippen LogP contribution in [0.25, 0.3) is 10.9 Å². The molecule has 2 rings (SSSR count). The Morgan fingerprint density at radius 1 is 1.29 bits per heavy atom. The van der Waals surface area contributed by atoms with Crippen LogP contribution in [0.1, 0.15) is 20.3 Å². The summed E-state index contributed by atoms with van der Waals surface area (Å²) in [6.45, 7) is 4.07. The number of hydrogen-bond acceptors (Lipinski definition) is 3. The molecule has 0 saturated carbocycles. The molecule has 3 nitrogen and oxygen atoms in total. The second kappa shape index (κ2) is 5.15. The summed E-state index contributed by atoms with van der Waals surface area (Å²) in [7, 11) is 0. The molecule has 1 heterocycles. The maximum atomic E-state index is 5.97. The molecule has 3 heteroatoms. The van der Waals surface area contributed by atoms with Gasteiger partial charge in [0.15, 0.2) is 0 Å². The van der Waals surface area contributed by atoms with E-state index in [1.807, 2.05) is 37.3 Å². The number of fused-ring (bicyclic) bond motifs is 1. The molecular weight excluding hydrogens is 212 g/mol. The summed E-state index contributed by atoms with van der Waals surface area (Å²) in [4.78, 5) is 4.30. The normalized spacial score (nSPS) is 14.5. The highest BCUT2D eigenvalue weighted by Crippen LogP contribution is 2.25. The van der Waals surface area contributed by atoms with Crippen LogP contribution >= 0.6 is 0 Å². The third-order valence-electron chi connectivity index (χ3n) is 2.99. The third kappa shape index (κ3) is 2.56. The second-order valence-corrected chi connectivity index (χ2v) is 4.22. The van der Waals surface area contributed by atoms with Crippen molar-refractivity contribution in [3.05, 3.63) is 36.5 Å². The smallest absolute Gasteiger partial charge is 0.129 e. The lowest BCUT2D eigenvalue weighted by Crippen LogP contribution is -2.35. The summed E-state index contributed by atoms with van der Waals surface area (Å²) >= 11 is 0. The largest absolute Gasteiger partial charge is 0.488 e. The van der Waals surface area contributed by atoms with Crippen molar-refractivity contribution in [2.75, 3.05) is 0 Å². The summed E-state index contributed by atoms with van der Waals surface area (Å²) in [5.41, 5.74) is 6.91. The molecule has 0 aliphatic heterocycles. The van der Waals surface area contributed by atoms with E-state index >= 15 is 0 Å². The standard InChI is InChI=1S/C14H18N2O/c1-3-12(15)10(2)17-14-8-4-7-13-11(14)6-5-9-16-13/h4-10,12H,3,15H2,1-2H3. The molecule has 90 valence electrons. The molecular formula is C14H18N2O. The minimum absolute atomic E-state index is 0.00538. The van der Waals surface area contributed by atoms with E-state index in [-0.39, 0.29) is 12.1 Å². The maximum Gasteiger partial charge on any atom is 0.129 e. The Morgan fingerprint density at radius 2 is 2.12 bits per heavy atom. The van der Waals surface area contributed by atoms with Gasteiger partial charge in [-0.25, -0.2) is 0 Å². The van der Waals surface area contributed by atoms with Crippen LogP contribution < -0.4 is 10.5 Å². The number of ether oxygens (including phenoxy) is 1. The number of hydrogen-bond donors (Lipinski definition) is 1. The van der Waals surface area contributed by atoms with Crippen LogP contribution in [0.2, 0.25) is 0 Å². The fourth-order valence-corrected chi connectivity index (χ4v) is 1.80. The lowest BCUT2D eigenvalue weighted by Gasteiger charge is -2.21. The van der Waals surface area contributed by atoms with E-state index in [0.29, 0.717) is 0 Å². The molecule has 1 aromatic carbocycles. The van der Waals surface area contributed by atoms with E-state index in [4.69, 9.17) is 10.5 Å². The Labute approximate surface area is 102 Å². The fourth-order valence-electron chi connectivity index (χ4n) is 1.80. The average molecular weight is 230 g/mol. The zero-order valence-electron chi connectivity index (χ0n) is 10.3. The quantitative estimate of drug-likeness (QED) is 0.878. The van der Waals surface area contributed by atoms with Gasteiger partial charge in [-0.2, -0.15) is 0 Å². The van der Waals surface area contributed by atoms with Gasteiger partial charge < -0.3 is 10.5 Å². The van der Waals surface area contributed by atoms with Crippen LogP contribution in [-0.4, -0.2) is 17.1 Å². The van der Waals surface area contributed by atoms with Crippen molar-refractivity contribution in [1.29, 1.82) is 0 Å². The first kappa shape index (κ1) is 11.9. The molecule has 2 aromatic rings. The molecule has 17 heavy (non-hydrogen) atoms. The van der Waals surface area contributed by atoms with E-state index < -0.39 is 0 Å². The summed E-state index contributed by atoms with van der Waals surface area (Å²) in [6.07, 6.45) is 2.70. The van der Waals surface area contributed by atoms with Crippen molar-refractivity contribution in [3.8, 4) is 5.75 Å². The number of pyridine rings is 1. The highest BCUT2D eigenvalue weighted by atomic mass is 16.5. The summed E-state index contributed by atoms with van der Waals surface area (Å²) in [6, 6.07) is 9.88. The van der Waals surface area contributed by atoms with Crippen LogP contribution in [0.5, 0.6) is 5.75 Å². The number of nitrogens with two attached hydrogens (primary N) is 1. The molecule has 0 saturated heterocycles. The first-order valence-electron chi connectivity index (χ1n) is 5.98. The van der Waals surface area contributed by atoms with Crippen LogP contribution in [0, 0.1) is 0 Å². The van der Waals surface area contributed by atoms with Crippen LogP contribution in [0.3, 0.4) is 0 Å². The van der Waals surface area contributed by atoms with Crippen LogP contribution in [0.4, 0.5) is 0 Å². The molecule has 0 aliphatic rings. The first-order chi connectivity index (χ1) is 8.22. The summed E-state index contributed by atoms with van der Waals surface area (Å²) in [5, 5.41) is 1.03. The molecule has 0 amide bonds. The van der Waals surface area contributed by atoms with Gasteiger partial charge in [0.2, 0.25) is 0 Å². The molecule has 0 radical (unpaired) electrons. The van der Waals surface area contributed by atoms with Gasteiger partial charge >= 0.3 is 0 Å². The first-order valence-corrected chi connectivity index (χ1v) is 5.98. The van der Waals surface area contributed by atoms with Gasteiger partial charge in [-0.05, 0) is 37.6 Å². The van der Waals surface area contributed by atoms with Crippen molar-refractivity contribution >= 4 is 10.9 Å². The molecule has 0 spiro atoms. The molecule has 2 N–H and O–H groups in total. The Balaban J connectivity index is 2.30. The maximum absolute atomic E-state index is 5.97. The van der Waals surface area contributed by atoms with Crippen molar-refractivity contribution in [3.63, 3.8) is 0 Å². The van der Waals surface area contributed by atoms with E-state index in [2.05, 4.69) is 11.9 Å². The molecule has 2 atom stereocenters. The van der Waals surface area contributed by atoms with Gasteiger partial charge in [-0.15, -0.1) is 0 Å². The zero-order valence-corrected chi connectivity index (χ0v) is 10.3. The van der Waals surface area contributed by atoms with Crippen LogP contribution in [-0.2, 0) is 0 Å². The van der Waals surface area contributed by atoms with Crippen molar-refractivity contribution in [2.24, 2.45) is 5.73 Å². The molecule has 0 bridgehead atoms. The van der Waals surface area contributed by atoms with Crippen molar-refractivity contribution in [2.45, 2.75) is 32.4 Å². The van der Waals surface area contributed by atoms with Gasteiger partial charge in [0.25, 0.3) is 0 Å². The van der Waals surface area contributed by atoms with Gasteiger partial charge in [0.05, 0.1) is 5.52 Å². The van der Waals surface area contributed by atoms with Crippen LogP contribution in [0.15, 0.2) is 36.5 Å². The lowest BCUT2D eigenvalue weighted by atomic mass is 10.1. The predicted octanol–water partition coefficient (Wildman–Crippen LogP) is 2.74. The average Bonchev–Trinajstić information content (AvgIpc) is 2.38. The van der Waals surface area contributed by atoms with Gasteiger partial charge in [-0.1, -0.05) is 13.0 Å². The molecule has 0 fully saturated rings. The Hall–Kier alpha value is -1.61. The van der Waals surface area contributed by atoms with Crippen molar-refractivity contribution in [1.82, 2.24) is 4.98 Å². The fraction of sp³-hybridized carbons (Fsp3) is 0.357. The van der Waals surface area contributed by atoms with E-state index in [1.54, 1.807) is 6.20 Å². The number of benzene rings is 1. The van der Waals surface area contributed by atoms with Gasteiger partial charge in [-0.3, -0.25) is 4.98 Å². The SMILES string of the molecule is CCC(N)C(C)Oc1cccc2ncccc12. The minimum atomic E-state index is 0.00538. The number of nitrogens with zero attached hydrogens (tertiary/aromatic N) is 1. The predicted molar refractivity (Wildman–Crippen MR) is 70.1 cm³/mol. The monoisotopic (exact) mass is 230 g/mol. The lowest BCUT2D eigenvalue weighted by molar-refractivity contribution is 0.189. The third-order valence-corrected chi connectivity index (χ3v) is 2.99.